The highest BCUT2D eigenvalue weighted by Crippen LogP contribution is 2.47. The van der Waals surface area contributed by atoms with Gasteiger partial charge < -0.3 is 11.1 Å². The largest absolute Gasteiger partial charge is 0.355 e. The van der Waals surface area contributed by atoms with Crippen molar-refractivity contribution >= 4 is 30.1 Å². The highest BCUT2D eigenvalue weighted by atomic mass is 35.5. The second-order valence-electron chi connectivity index (χ2n) is 5.82. The molecule has 3 aliphatic rings. The maximum Gasteiger partial charge on any atom is 0.225 e. The van der Waals surface area contributed by atoms with Crippen LogP contribution in [0.2, 0.25) is 0 Å². The molecule has 0 aromatic rings. The van der Waals surface area contributed by atoms with Crippen LogP contribution in [0.5, 0.6) is 0 Å². The van der Waals surface area contributed by atoms with Gasteiger partial charge in [-0.05, 0) is 49.7 Å². The van der Waals surface area contributed by atoms with Crippen molar-refractivity contribution in [2.24, 2.45) is 23.5 Å². The molecule has 0 aromatic carbocycles. The molecule has 5 atom stereocenters. The van der Waals surface area contributed by atoms with Crippen LogP contribution in [0.1, 0.15) is 32.1 Å². The highest BCUT2D eigenvalue weighted by molar-refractivity contribution is 8.00. The molecule has 2 bridgehead atoms. The molecule has 3 rings (SSSR count). The average molecular weight is 291 g/mol. The van der Waals surface area contributed by atoms with E-state index in [9.17, 15) is 4.79 Å². The zero-order chi connectivity index (χ0) is 11.8. The van der Waals surface area contributed by atoms with Crippen LogP contribution >= 0.6 is 24.2 Å². The Morgan fingerprint density at radius 1 is 1.28 bits per heavy atom. The smallest absolute Gasteiger partial charge is 0.225 e. The number of thioether (sulfide) groups is 1. The standard InChI is InChI=1S/C13H22N2OS.ClH/c14-12-9-4-3-8(6-9)11(12)13(16)15-7-10-2-1-5-17-10;/h8-12H,1-7,14H2,(H,15,16);1H. The van der Waals surface area contributed by atoms with E-state index in [0.717, 1.165) is 6.54 Å². The summed E-state index contributed by atoms with van der Waals surface area (Å²) in [5.41, 5.74) is 6.18. The summed E-state index contributed by atoms with van der Waals surface area (Å²) in [6.07, 6.45) is 6.21. The second kappa shape index (κ2) is 6.02. The summed E-state index contributed by atoms with van der Waals surface area (Å²) in [5.74, 6) is 2.80. The van der Waals surface area contributed by atoms with E-state index in [1.807, 2.05) is 11.8 Å². The maximum atomic E-state index is 12.2. The summed E-state index contributed by atoms with van der Waals surface area (Å²) >= 11 is 2.00. The molecule has 3 N–H and O–H groups in total. The van der Waals surface area contributed by atoms with Crippen molar-refractivity contribution in [3.63, 3.8) is 0 Å². The Bertz CT molecular complexity index is 307. The first-order valence-corrected chi connectivity index (χ1v) is 7.95. The minimum Gasteiger partial charge on any atom is -0.355 e. The Morgan fingerprint density at radius 3 is 2.67 bits per heavy atom. The Kier molecular flexibility index (Phi) is 4.84. The zero-order valence-electron chi connectivity index (χ0n) is 10.6. The Labute approximate surface area is 119 Å². The van der Waals surface area contributed by atoms with Crippen molar-refractivity contribution in [3.8, 4) is 0 Å². The monoisotopic (exact) mass is 290 g/mol. The van der Waals surface area contributed by atoms with Gasteiger partial charge in [0, 0.05) is 17.8 Å². The lowest BCUT2D eigenvalue weighted by atomic mass is 9.84. The number of hydrogen-bond donors (Lipinski definition) is 2. The Morgan fingerprint density at radius 2 is 2.06 bits per heavy atom. The predicted molar refractivity (Wildman–Crippen MR) is 78.0 cm³/mol. The van der Waals surface area contributed by atoms with Crippen LogP contribution in [-0.2, 0) is 4.79 Å². The third-order valence-electron chi connectivity index (χ3n) is 4.81. The van der Waals surface area contributed by atoms with Gasteiger partial charge in [-0.2, -0.15) is 11.8 Å². The number of rotatable bonds is 3. The first-order chi connectivity index (χ1) is 8.25. The van der Waals surface area contributed by atoms with E-state index in [1.54, 1.807) is 0 Å². The van der Waals surface area contributed by atoms with Crippen molar-refractivity contribution in [1.29, 1.82) is 0 Å². The molecule has 0 spiro atoms. The lowest BCUT2D eigenvalue weighted by Gasteiger charge is -2.27. The molecule has 18 heavy (non-hydrogen) atoms. The molecule has 2 saturated carbocycles. The predicted octanol–water partition coefficient (Wildman–Crippen LogP) is 1.79. The molecule has 5 heteroatoms. The van der Waals surface area contributed by atoms with Crippen molar-refractivity contribution in [2.75, 3.05) is 12.3 Å². The molecule has 1 saturated heterocycles. The molecule has 1 aliphatic heterocycles. The topological polar surface area (TPSA) is 55.1 Å². The molecule has 3 fully saturated rings. The van der Waals surface area contributed by atoms with Crippen LogP contribution in [-0.4, -0.2) is 29.5 Å². The second-order valence-corrected chi connectivity index (χ2v) is 7.22. The highest BCUT2D eigenvalue weighted by Gasteiger charge is 2.48. The van der Waals surface area contributed by atoms with Gasteiger partial charge in [-0.15, -0.1) is 12.4 Å². The zero-order valence-corrected chi connectivity index (χ0v) is 12.3. The van der Waals surface area contributed by atoms with Crippen LogP contribution in [0.3, 0.4) is 0 Å². The van der Waals surface area contributed by atoms with Gasteiger partial charge in [0.25, 0.3) is 0 Å². The average Bonchev–Trinajstić information content (AvgIpc) is 3.02. The summed E-state index contributed by atoms with van der Waals surface area (Å²) in [4.78, 5) is 12.2. The van der Waals surface area contributed by atoms with E-state index in [1.165, 1.54) is 37.9 Å². The minimum atomic E-state index is 0. The van der Waals surface area contributed by atoms with E-state index in [-0.39, 0.29) is 30.3 Å². The number of nitrogens with two attached hydrogens (primary N) is 1. The Hall–Kier alpha value is 0.0700. The molecule has 2 aliphatic carbocycles. The summed E-state index contributed by atoms with van der Waals surface area (Å²) in [5, 5.41) is 3.79. The number of carbonyl (C=O) groups is 1. The van der Waals surface area contributed by atoms with Crippen molar-refractivity contribution in [1.82, 2.24) is 5.32 Å². The van der Waals surface area contributed by atoms with E-state index in [4.69, 9.17) is 5.73 Å². The molecular formula is C13H23ClN2OS. The van der Waals surface area contributed by atoms with Gasteiger partial charge in [0.15, 0.2) is 0 Å². The van der Waals surface area contributed by atoms with Gasteiger partial charge in [-0.25, -0.2) is 0 Å². The molecule has 0 aromatic heterocycles. The summed E-state index contributed by atoms with van der Waals surface area (Å²) < 4.78 is 0. The molecule has 104 valence electrons. The van der Waals surface area contributed by atoms with Crippen molar-refractivity contribution in [2.45, 2.75) is 43.4 Å². The first-order valence-electron chi connectivity index (χ1n) is 6.90. The fraction of sp³-hybridized carbons (Fsp3) is 0.923. The van der Waals surface area contributed by atoms with Crippen LogP contribution < -0.4 is 11.1 Å². The van der Waals surface area contributed by atoms with Crippen molar-refractivity contribution < 1.29 is 4.79 Å². The van der Waals surface area contributed by atoms with Crippen LogP contribution in [0, 0.1) is 17.8 Å². The third kappa shape index (κ3) is 2.66. The van der Waals surface area contributed by atoms with Gasteiger partial charge in [0.05, 0.1) is 5.92 Å². The van der Waals surface area contributed by atoms with Crippen molar-refractivity contribution in [3.05, 3.63) is 0 Å². The first kappa shape index (κ1) is 14.5. The normalized spacial score (nSPS) is 41.7. The van der Waals surface area contributed by atoms with E-state index in [0.29, 0.717) is 17.1 Å². The van der Waals surface area contributed by atoms with Gasteiger partial charge in [-0.3, -0.25) is 4.79 Å². The number of carbonyl (C=O) groups excluding carboxylic acids is 1. The van der Waals surface area contributed by atoms with Gasteiger partial charge >= 0.3 is 0 Å². The third-order valence-corrected chi connectivity index (χ3v) is 6.21. The fourth-order valence-electron chi connectivity index (χ4n) is 3.86. The fourth-order valence-corrected chi connectivity index (χ4v) is 5.06. The number of nitrogens with one attached hydrogen (secondary N) is 1. The molecule has 0 radical (unpaired) electrons. The van der Waals surface area contributed by atoms with E-state index in [2.05, 4.69) is 5.32 Å². The SMILES string of the molecule is Cl.NC1C2CCC(C2)C1C(=O)NCC1CCCS1. The minimum absolute atomic E-state index is 0. The van der Waals surface area contributed by atoms with Gasteiger partial charge in [-0.1, -0.05) is 0 Å². The lowest BCUT2D eigenvalue weighted by molar-refractivity contribution is -0.127. The van der Waals surface area contributed by atoms with Crippen LogP contribution in [0.15, 0.2) is 0 Å². The Balaban J connectivity index is 0.00000120. The van der Waals surface area contributed by atoms with Crippen LogP contribution in [0.4, 0.5) is 0 Å². The summed E-state index contributed by atoms with van der Waals surface area (Å²) in [6, 6.07) is 0.130. The van der Waals surface area contributed by atoms with E-state index >= 15 is 0 Å². The number of fused-ring (bicyclic) bond motifs is 2. The quantitative estimate of drug-likeness (QED) is 0.833. The number of halogens is 1. The van der Waals surface area contributed by atoms with E-state index < -0.39 is 0 Å². The van der Waals surface area contributed by atoms with Gasteiger partial charge in [0.1, 0.15) is 0 Å². The molecule has 1 heterocycles. The molecule has 3 nitrogen and oxygen atoms in total. The molecular weight excluding hydrogens is 268 g/mol. The van der Waals surface area contributed by atoms with Crippen LogP contribution in [0.25, 0.3) is 0 Å². The number of hydrogen-bond acceptors (Lipinski definition) is 3. The number of amides is 1. The maximum absolute atomic E-state index is 12.2. The van der Waals surface area contributed by atoms with Gasteiger partial charge in [0.2, 0.25) is 5.91 Å². The summed E-state index contributed by atoms with van der Waals surface area (Å²) in [6.45, 7) is 0.851. The summed E-state index contributed by atoms with van der Waals surface area (Å²) in [7, 11) is 0. The molecule has 5 unspecified atom stereocenters. The molecule has 1 amide bonds. The lowest BCUT2D eigenvalue weighted by Crippen LogP contribution is -2.46.